The Morgan fingerprint density at radius 2 is 1.59 bits per heavy atom. The highest BCUT2D eigenvalue weighted by molar-refractivity contribution is 5.82. The zero-order chi connectivity index (χ0) is 23.3. The van der Waals surface area contributed by atoms with Gasteiger partial charge in [-0.2, -0.15) is 0 Å². The van der Waals surface area contributed by atoms with E-state index in [0.29, 0.717) is 6.42 Å². The number of aliphatic carboxylic acids is 1. The third-order valence-electron chi connectivity index (χ3n) is 5.94. The minimum Gasteiger partial charge on any atom is -0.480 e. The number of ether oxygens (including phenoxy) is 1. The molecular formula is C25H30N2O5. The number of nitrogens with one attached hydrogen (secondary N) is 1. The largest absolute Gasteiger partial charge is 0.480 e. The van der Waals surface area contributed by atoms with E-state index in [1.165, 1.54) is 4.90 Å². The van der Waals surface area contributed by atoms with E-state index in [1.807, 2.05) is 38.1 Å². The van der Waals surface area contributed by atoms with E-state index in [0.717, 1.165) is 22.3 Å². The van der Waals surface area contributed by atoms with Gasteiger partial charge in [-0.05, 0) is 42.5 Å². The van der Waals surface area contributed by atoms with E-state index in [9.17, 15) is 14.4 Å². The van der Waals surface area contributed by atoms with Crippen molar-refractivity contribution < 1.29 is 24.2 Å². The SMILES string of the molecule is CCC(C)N(CC(=O)O)C(=O)C[C@H](C)NC(=O)OCC1c2ccccc2-c2ccccc21. The number of carboxylic acid groups (broad SMARTS) is 1. The second-order valence-corrected chi connectivity index (χ2v) is 8.25. The molecular weight excluding hydrogens is 408 g/mol. The highest BCUT2D eigenvalue weighted by Crippen LogP contribution is 2.44. The van der Waals surface area contributed by atoms with E-state index in [2.05, 4.69) is 29.6 Å². The first-order valence-corrected chi connectivity index (χ1v) is 10.9. The number of hydrogen-bond donors (Lipinski definition) is 2. The second kappa shape index (κ2) is 10.3. The number of carbonyl (C=O) groups excluding carboxylic acids is 2. The maximum absolute atomic E-state index is 12.6. The van der Waals surface area contributed by atoms with Gasteiger partial charge in [0.2, 0.25) is 5.91 Å². The van der Waals surface area contributed by atoms with Crippen molar-refractivity contribution in [1.82, 2.24) is 10.2 Å². The fourth-order valence-corrected chi connectivity index (χ4v) is 4.13. The lowest BCUT2D eigenvalue weighted by Gasteiger charge is -2.28. The van der Waals surface area contributed by atoms with E-state index < -0.39 is 18.1 Å². The van der Waals surface area contributed by atoms with Gasteiger partial charge in [-0.25, -0.2) is 4.79 Å². The van der Waals surface area contributed by atoms with Crippen LogP contribution in [0.1, 0.15) is 50.7 Å². The quantitative estimate of drug-likeness (QED) is 0.617. The summed E-state index contributed by atoms with van der Waals surface area (Å²) in [5, 5.41) is 11.8. The average Bonchev–Trinajstić information content (AvgIpc) is 3.09. The monoisotopic (exact) mass is 438 g/mol. The first-order chi connectivity index (χ1) is 15.3. The summed E-state index contributed by atoms with van der Waals surface area (Å²) in [4.78, 5) is 37.4. The number of carbonyl (C=O) groups is 3. The molecule has 0 radical (unpaired) electrons. The van der Waals surface area contributed by atoms with Gasteiger partial charge in [0.1, 0.15) is 13.2 Å². The molecule has 1 aliphatic rings. The van der Waals surface area contributed by atoms with Crippen LogP contribution < -0.4 is 5.32 Å². The van der Waals surface area contributed by atoms with Crippen LogP contribution >= 0.6 is 0 Å². The van der Waals surface area contributed by atoms with Gasteiger partial charge < -0.3 is 20.1 Å². The molecule has 0 heterocycles. The van der Waals surface area contributed by atoms with Crippen molar-refractivity contribution in [2.75, 3.05) is 13.2 Å². The molecule has 1 aliphatic carbocycles. The molecule has 0 spiro atoms. The van der Waals surface area contributed by atoms with Crippen LogP contribution in [-0.4, -0.2) is 53.2 Å². The molecule has 3 rings (SSSR count). The van der Waals surface area contributed by atoms with Gasteiger partial charge in [-0.3, -0.25) is 9.59 Å². The number of benzene rings is 2. The Kier molecular flexibility index (Phi) is 7.51. The van der Waals surface area contributed by atoms with Crippen molar-refractivity contribution >= 4 is 18.0 Å². The summed E-state index contributed by atoms with van der Waals surface area (Å²) in [6, 6.07) is 15.5. The predicted octanol–water partition coefficient (Wildman–Crippen LogP) is 4.02. The molecule has 2 aromatic carbocycles. The Labute approximate surface area is 188 Å². The fourth-order valence-electron chi connectivity index (χ4n) is 4.13. The molecule has 0 saturated carbocycles. The smallest absolute Gasteiger partial charge is 0.407 e. The molecule has 2 amide bonds. The summed E-state index contributed by atoms with van der Waals surface area (Å²) in [5.41, 5.74) is 4.56. The van der Waals surface area contributed by atoms with Crippen LogP contribution in [0, 0.1) is 0 Å². The standard InChI is InChI=1S/C25H30N2O5/c1-4-17(3)27(14-24(29)30)23(28)13-16(2)26-25(31)32-15-22-20-11-7-5-9-18(20)19-10-6-8-12-21(19)22/h5-12,16-17,22H,4,13-15H2,1-3H3,(H,26,31)(H,29,30)/t16-,17?/m0/s1. The van der Waals surface area contributed by atoms with Crippen LogP contribution in [0.15, 0.2) is 48.5 Å². The van der Waals surface area contributed by atoms with Crippen molar-refractivity contribution in [1.29, 1.82) is 0 Å². The molecule has 7 heteroatoms. The van der Waals surface area contributed by atoms with E-state index in [4.69, 9.17) is 9.84 Å². The van der Waals surface area contributed by atoms with Gasteiger partial charge >= 0.3 is 12.1 Å². The summed E-state index contributed by atoms with van der Waals surface area (Å²) in [6.45, 7) is 5.24. The number of amides is 2. The highest BCUT2D eigenvalue weighted by Gasteiger charge is 2.29. The summed E-state index contributed by atoms with van der Waals surface area (Å²) < 4.78 is 5.52. The van der Waals surface area contributed by atoms with Crippen LogP contribution in [0.5, 0.6) is 0 Å². The van der Waals surface area contributed by atoms with E-state index in [-0.39, 0.29) is 37.4 Å². The zero-order valence-electron chi connectivity index (χ0n) is 18.7. The summed E-state index contributed by atoms with van der Waals surface area (Å²) in [7, 11) is 0. The molecule has 2 N–H and O–H groups in total. The molecule has 0 bridgehead atoms. The summed E-state index contributed by atoms with van der Waals surface area (Å²) in [5.74, 6) is -1.41. The molecule has 170 valence electrons. The minimum absolute atomic E-state index is 0.00180. The second-order valence-electron chi connectivity index (χ2n) is 8.25. The van der Waals surface area contributed by atoms with Gasteiger partial charge in [-0.1, -0.05) is 55.5 Å². The number of rotatable bonds is 9. The van der Waals surface area contributed by atoms with Crippen LogP contribution in [-0.2, 0) is 14.3 Å². The minimum atomic E-state index is -1.06. The predicted molar refractivity (Wildman–Crippen MR) is 121 cm³/mol. The summed E-state index contributed by atoms with van der Waals surface area (Å²) in [6.07, 6.45) is 0.0511. The first kappa shape index (κ1) is 23.3. The number of alkyl carbamates (subject to hydrolysis) is 1. The molecule has 2 atom stereocenters. The number of hydrogen-bond acceptors (Lipinski definition) is 4. The highest BCUT2D eigenvalue weighted by atomic mass is 16.5. The number of nitrogens with zero attached hydrogens (tertiary/aromatic N) is 1. The van der Waals surface area contributed by atoms with E-state index >= 15 is 0 Å². The lowest BCUT2D eigenvalue weighted by Crippen LogP contribution is -2.45. The van der Waals surface area contributed by atoms with Crippen LogP contribution in [0.3, 0.4) is 0 Å². The molecule has 32 heavy (non-hydrogen) atoms. The number of fused-ring (bicyclic) bond motifs is 3. The van der Waals surface area contributed by atoms with E-state index in [1.54, 1.807) is 6.92 Å². The average molecular weight is 439 g/mol. The molecule has 0 aliphatic heterocycles. The van der Waals surface area contributed by atoms with Gasteiger partial charge in [0.15, 0.2) is 0 Å². The Bertz CT molecular complexity index is 944. The molecule has 7 nitrogen and oxygen atoms in total. The first-order valence-electron chi connectivity index (χ1n) is 10.9. The van der Waals surface area contributed by atoms with Crippen molar-refractivity contribution in [3.8, 4) is 11.1 Å². The molecule has 0 aromatic heterocycles. The van der Waals surface area contributed by atoms with Crippen LogP contribution in [0.4, 0.5) is 4.79 Å². The maximum atomic E-state index is 12.6. The maximum Gasteiger partial charge on any atom is 0.407 e. The van der Waals surface area contributed by atoms with Gasteiger partial charge in [0, 0.05) is 24.4 Å². The summed E-state index contributed by atoms with van der Waals surface area (Å²) >= 11 is 0. The van der Waals surface area contributed by atoms with Crippen LogP contribution in [0.25, 0.3) is 11.1 Å². The Morgan fingerprint density at radius 3 is 2.12 bits per heavy atom. The molecule has 2 aromatic rings. The van der Waals surface area contributed by atoms with Crippen LogP contribution in [0.2, 0.25) is 0 Å². The van der Waals surface area contributed by atoms with Crippen molar-refractivity contribution in [3.05, 3.63) is 59.7 Å². The molecule has 0 fully saturated rings. The fraction of sp³-hybridized carbons (Fsp3) is 0.400. The third-order valence-corrected chi connectivity index (χ3v) is 5.94. The lowest BCUT2D eigenvalue weighted by atomic mass is 9.98. The topological polar surface area (TPSA) is 95.9 Å². The van der Waals surface area contributed by atoms with Gasteiger partial charge in [0.05, 0.1) is 0 Å². The zero-order valence-corrected chi connectivity index (χ0v) is 18.7. The van der Waals surface area contributed by atoms with Gasteiger partial charge in [0.25, 0.3) is 0 Å². The Morgan fingerprint density at radius 1 is 1.03 bits per heavy atom. The van der Waals surface area contributed by atoms with Crippen molar-refractivity contribution in [2.45, 2.75) is 51.6 Å². The Hall–Kier alpha value is -3.35. The Balaban J connectivity index is 1.57. The van der Waals surface area contributed by atoms with Gasteiger partial charge in [-0.15, -0.1) is 0 Å². The molecule has 0 saturated heterocycles. The normalized spacial score (nSPS) is 14.1. The van der Waals surface area contributed by atoms with Crippen molar-refractivity contribution in [2.24, 2.45) is 0 Å². The number of carboxylic acids is 1. The lowest BCUT2D eigenvalue weighted by molar-refractivity contribution is -0.146. The third kappa shape index (κ3) is 5.28. The molecule has 1 unspecified atom stereocenters. The van der Waals surface area contributed by atoms with Crippen molar-refractivity contribution in [3.63, 3.8) is 0 Å².